The molecule has 0 spiro atoms. The molecular weight excluding hydrogens is 464 g/mol. The van der Waals surface area contributed by atoms with Gasteiger partial charge in [-0.3, -0.25) is 9.59 Å². The zero-order valence-corrected chi connectivity index (χ0v) is 18.2. The van der Waals surface area contributed by atoms with E-state index in [4.69, 9.17) is 0 Å². The predicted molar refractivity (Wildman–Crippen MR) is 105 cm³/mol. The number of ketones is 2. The Morgan fingerprint density at radius 1 is 1.23 bits per heavy atom. The van der Waals surface area contributed by atoms with Crippen molar-refractivity contribution in [3.8, 4) is 0 Å². The Labute approximate surface area is 171 Å². The van der Waals surface area contributed by atoms with Crippen molar-refractivity contribution in [2.75, 3.05) is 5.33 Å². The fraction of sp³-hybridized carbons (Fsp3) is 0.800. The van der Waals surface area contributed by atoms with Gasteiger partial charge in [0.1, 0.15) is 5.78 Å². The summed E-state index contributed by atoms with van der Waals surface area (Å²) in [6.45, 7) is 2.13. The van der Waals surface area contributed by atoms with E-state index in [1.165, 1.54) is 0 Å². The molecule has 26 heavy (non-hydrogen) atoms. The molecule has 0 aliphatic heterocycles. The number of halogens is 2. The molecular formula is C20H26Br2O4. The number of aliphatic hydroxyl groups is 2. The van der Waals surface area contributed by atoms with Crippen LogP contribution < -0.4 is 0 Å². The normalized spacial score (nSPS) is 49.1. The number of fused-ring (bicyclic) bond motifs is 5. The molecule has 4 aliphatic carbocycles. The van der Waals surface area contributed by atoms with Crippen molar-refractivity contribution in [3.05, 3.63) is 11.6 Å². The number of hydrogen-bond acceptors (Lipinski definition) is 4. The number of alkyl halides is 2. The summed E-state index contributed by atoms with van der Waals surface area (Å²) < 4.78 is -1.62. The Bertz CT molecular complexity index is 687. The van der Waals surface area contributed by atoms with Gasteiger partial charge in [0.15, 0.2) is 10.3 Å². The first-order chi connectivity index (χ1) is 12.2. The highest BCUT2D eigenvalue weighted by atomic mass is 79.9. The Morgan fingerprint density at radius 2 is 1.96 bits per heavy atom. The molecule has 0 saturated heterocycles. The smallest absolute Gasteiger partial charge is 0.198 e. The quantitative estimate of drug-likeness (QED) is 0.582. The van der Waals surface area contributed by atoms with Gasteiger partial charge in [0.25, 0.3) is 0 Å². The predicted octanol–water partition coefficient (Wildman–Crippen LogP) is 3.52. The van der Waals surface area contributed by atoms with Crippen LogP contribution in [0.25, 0.3) is 0 Å². The summed E-state index contributed by atoms with van der Waals surface area (Å²) in [6.07, 6.45) is 6.16. The summed E-state index contributed by atoms with van der Waals surface area (Å²) in [5.41, 5.74) is 0.164. The SMILES string of the molecule is C[C@]12CC[C@H]3[C@@H](CCC4=CC(=O)C(O)(Br)CC43C(O)CBr)[C@@H]1CCC2=O. The first-order valence-corrected chi connectivity index (χ1v) is 11.5. The summed E-state index contributed by atoms with van der Waals surface area (Å²) in [7, 11) is 0. The van der Waals surface area contributed by atoms with Gasteiger partial charge in [-0.15, -0.1) is 0 Å². The fourth-order valence-corrected chi connectivity index (χ4v) is 7.96. The maximum Gasteiger partial charge on any atom is 0.198 e. The van der Waals surface area contributed by atoms with Crippen LogP contribution in [0.2, 0.25) is 0 Å². The molecule has 0 aromatic heterocycles. The lowest BCUT2D eigenvalue weighted by molar-refractivity contribution is -0.144. The lowest BCUT2D eigenvalue weighted by atomic mass is 9.45. The molecule has 4 rings (SSSR count). The maximum atomic E-state index is 12.5. The summed E-state index contributed by atoms with van der Waals surface area (Å²) >= 11 is 6.67. The van der Waals surface area contributed by atoms with Gasteiger partial charge in [-0.1, -0.05) is 28.4 Å². The summed E-state index contributed by atoms with van der Waals surface area (Å²) in [5.74, 6) is 0.989. The molecule has 0 amide bonds. The van der Waals surface area contributed by atoms with Crippen LogP contribution in [0.5, 0.6) is 0 Å². The van der Waals surface area contributed by atoms with Gasteiger partial charge in [-0.2, -0.15) is 0 Å². The number of hydrogen-bond donors (Lipinski definition) is 2. The molecule has 0 aromatic rings. The Kier molecular flexibility index (Phi) is 4.62. The lowest BCUT2D eigenvalue weighted by Crippen LogP contribution is -2.59. The number of rotatable bonds is 2. The lowest BCUT2D eigenvalue weighted by Gasteiger charge is -2.60. The van der Waals surface area contributed by atoms with E-state index >= 15 is 0 Å². The number of carbonyl (C=O) groups is 2. The van der Waals surface area contributed by atoms with E-state index in [0.29, 0.717) is 29.4 Å². The minimum Gasteiger partial charge on any atom is -0.391 e. The molecule has 0 bridgehead atoms. The number of aliphatic hydroxyl groups excluding tert-OH is 1. The van der Waals surface area contributed by atoms with Crippen LogP contribution in [0.15, 0.2) is 11.6 Å². The zero-order valence-electron chi connectivity index (χ0n) is 15.0. The summed E-state index contributed by atoms with van der Waals surface area (Å²) in [4.78, 5) is 24.9. The van der Waals surface area contributed by atoms with Crippen molar-refractivity contribution >= 4 is 43.4 Å². The topological polar surface area (TPSA) is 74.6 Å². The minimum absolute atomic E-state index is 0.191. The standard InChI is InChI=1S/C20H26Br2O4/c1-18-7-6-14-12(13(18)4-5-15(18)23)3-2-11-8-16(24)20(22,26)10-19(11,14)17(25)9-21/h8,12-14,17,25-26H,2-7,9-10H2,1H3/t12-,13-,14-,17?,18-,19?,20?/m0/s1. The molecule has 3 fully saturated rings. The van der Waals surface area contributed by atoms with Gasteiger partial charge >= 0.3 is 0 Å². The van der Waals surface area contributed by atoms with Crippen molar-refractivity contribution in [1.29, 1.82) is 0 Å². The van der Waals surface area contributed by atoms with Crippen molar-refractivity contribution in [2.45, 2.75) is 62.5 Å². The van der Waals surface area contributed by atoms with Crippen LogP contribution in [-0.4, -0.2) is 37.7 Å². The zero-order chi connectivity index (χ0) is 18.9. The molecule has 0 heterocycles. The first-order valence-electron chi connectivity index (χ1n) is 9.61. The molecule has 4 nitrogen and oxygen atoms in total. The van der Waals surface area contributed by atoms with E-state index in [2.05, 4.69) is 38.8 Å². The Hall–Kier alpha value is -0.0400. The highest BCUT2D eigenvalue weighted by molar-refractivity contribution is 9.10. The average Bonchev–Trinajstić information content (AvgIpc) is 2.90. The van der Waals surface area contributed by atoms with Gasteiger partial charge < -0.3 is 10.2 Å². The summed E-state index contributed by atoms with van der Waals surface area (Å²) in [6, 6.07) is 0. The van der Waals surface area contributed by atoms with Gasteiger partial charge in [0.2, 0.25) is 0 Å². The Balaban J connectivity index is 1.81. The van der Waals surface area contributed by atoms with Crippen LogP contribution in [0, 0.1) is 28.6 Å². The second-order valence-electron chi connectivity index (χ2n) is 9.01. The van der Waals surface area contributed by atoms with E-state index in [1.807, 2.05) is 0 Å². The van der Waals surface area contributed by atoms with E-state index in [9.17, 15) is 19.8 Å². The van der Waals surface area contributed by atoms with Crippen LogP contribution in [0.3, 0.4) is 0 Å². The largest absolute Gasteiger partial charge is 0.391 e. The third-order valence-corrected chi connectivity index (χ3v) is 9.39. The van der Waals surface area contributed by atoms with E-state index in [1.54, 1.807) is 6.08 Å². The molecule has 0 aromatic carbocycles. The highest BCUT2D eigenvalue weighted by Crippen LogP contribution is 2.66. The van der Waals surface area contributed by atoms with Crippen molar-refractivity contribution < 1.29 is 19.8 Å². The minimum atomic E-state index is -1.62. The monoisotopic (exact) mass is 488 g/mol. The van der Waals surface area contributed by atoms with Crippen LogP contribution >= 0.6 is 31.9 Å². The van der Waals surface area contributed by atoms with E-state index in [0.717, 1.165) is 37.7 Å². The molecule has 0 radical (unpaired) electrons. The third-order valence-electron chi connectivity index (χ3n) is 8.10. The van der Waals surface area contributed by atoms with Crippen molar-refractivity contribution in [1.82, 2.24) is 0 Å². The van der Waals surface area contributed by atoms with E-state index in [-0.39, 0.29) is 23.5 Å². The number of Topliss-reactive ketones (excluding diaryl/α,β-unsaturated/α-hetero) is 1. The Morgan fingerprint density at radius 3 is 2.65 bits per heavy atom. The fourth-order valence-electron chi connectivity index (χ4n) is 6.81. The van der Waals surface area contributed by atoms with Crippen molar-refractivity contribution in [2.24, 2.45) is 28.6 Å². The van der Waals surface area contributed by atoms with Gasteiger partial charge in [0, 0.05) is 29.0 Å². The molecule has 6 heteroatoms. The van der Waals surface area contributed by atoms with Crippen LogP contribution in [-0.2, 0) is 9.59 Å². The van der Waals surface area contributed by atoms with Gasteiger partial charge in [-0.25, -0.2) is 0 Å². The van der Waals surface area contributed by atoms with Gasteiger partial charge in [0.05, 0.1) is 6.10 Å². The van der Waals surface area contributed by atoms with Crippen molar-refractivity contribution in [3.63, 3.8) is 0 Å². The highest BCUT2D eigenvalue weighted by Gasteiger charge is 2.64. The summed E-state index contributed by atoms with van der Waals surface area (Å²) in [5, 5.41) is 22.2. The third kappa shape index (κ3) is 2.44. The molecule has 3 unspecified atom stereocenters. The molecule has 144 valence electrons. The molecule has 3 saturated carbocycles. The number of carbonyl (C=O) groups excluding carboxylic acids is 2. The molecule has 4 aliphatic rings. The second-order valence-corrected chi connectivity index (χ2v) is 11.0. The average molecular weight is 490 g/mol. The molecule has 2 N–H and O–H groups in total. The van der Waals surface area contributed by atoms with Gasteiger partial charge in [-0.05, 0) is 71.9 Å². The first kappa shape index (κ1) is 19.3. The maximum absolute atomic E-state index is 12.5. The van der Waals surface area contributed by atoms with Crippen LogP contribution in [0.1, 0.15) is 51.9 Å². The van der Waals surface area contributed by atoms with E-state index < -0.39 is 16.0 Å². The molecule has 7 atom stereocenters. The second kappa shape index (κ2) is 6.23. The van der Waals surface area contributed by atoms with Crippen LogP contribution in [0.4, 0.5) is 0 Å².